The van der Waals surface area contributed by atoms with Gasteiger partial charge in [0.15, 0.2) is 16.6 Å². The second-order valence-electron chi connectivity index (χ2n) is 6.28. The third-order valence-electron chi connectivity index (χ3n) is 4.30. The van der Waals surface area contributed by atoms with Gasteiger partial charge in [-0.2, -0.15) is 0 Å². The smallest absolute Gasteiger partial charge is 0.335 e. The molecule has 3 rings (SSSR count). The summed E-state index contributed by atoms with van der Waals surface area (Å²) in [7, 11) is 1.50. The number of carbonyl (C=O) groups is 3. The highest BCUT2D eigenvalue weighted by Crippen LogP contribution is 2.35. The van der Waals surface area contributed by atoms with Crippen LogP contribution in [0.3, 0.4) is 0 Å². The average molecular weight is 552 g/mol. The number of thiocarbonyl (C=S) groups is 1. The number of nitrogens with one attached hydrogen (secondary N) is 1. The van der Waals surface area contributed by atoms with Crippen molar-refractivity contribution in [3.63, 3.8) is 0 Å². The third-order valence-corrected chi connectivity index (χ3v) is 5.39. The van der Waals surface area contributed by atoms with Gasteiger partial charge in [-0.15, -0.1) is 0 Å². The van der Waals surface area contributed by atoms with Gasteiger partial charge in [0, 0.05) is 0 Å². The van der Waals surface area contributed by atoms with Crippen molar-refractivity contribution in [2.24, 2.45) is 0 Å². The molecule has 8 nitrogen and oxygen atoms in total. The molecule has 0 bridgehead atoms. The minimum atomic E-state index is -1.15. The molecule has 0 aromatic heterocycles. The molecule has 0 radical (unpaired) electrons. The summed E-state index contributed by atoms with van der Waals surface area (Å²) in [5.74, 6) is -1.43. The van der Waals surface area contributed by atoms with Crippen molar-refractivity contribution >= 4 is 69.5 Å². The van der Waals surface area contributed by atoms with Gasteiger partial charge in [-0.05, 0) is 83.7 Å². The number of halogens is 1. The number of carboxylic acid groups (broad SMARTS) is 1. The summed E-state index contributed by atoms with van der Waals surface area (Å²) >= 11 is 7.24. The number of carbonyl (C=O) groups excluding carboxylic acids is 2. The van der Waals surface area contributed by atoms with E-state index in [4.69, 9.17) is 21.7 Å². The highest BCUT2D eigenvalue weighted by molar-refractivity contribution is 14.1. The number of rotatable bonds is 6. The molecule has 0 unspecified atom stereocenters. The lowest BCUT2D eigenvalue weighted by molar-refractivity contribution is -0.122. The summed E-state index contributed by atoms with van der Waals surface area (Å²) in [5, 5.41) is 11.6. The molecule has 1 aliphatic heterocycles. The van der Waals surface area contributed by atoms with Crippen LogP contribution in [0.4, 0.5) is 5.69 Å². The van der Waals surface area contributed by atoms with Gasteiger partial charge < -0.3 is 14.6 Å². The van der Waals surface area contributed by atoms with Crippen molar-refractivity contribution in [3.05, 3.63) is 56.7 Å². The van der Waals surface area contributed by atoms with E-state index in [9.17, 15) is 19.5 Å². The van der Waals surface area contributed by atoms with Crippen LogP contribution < -0.4 is 19.7 Å². The Bertz CT molecular complexity index is 1130. The lowest BCUT2D eigenvalue weighted by Gasteiger charge is -2.29. The van der Waals surface area contributed by atoms with E-state index in [1.807, 2.05) is 6.92 Å². The van der Waals surface area contributed by atoms with Crippen LogP contribution in [0.5, 0.6) is 11.5 Å². The molecule has 0 atom stereocenters. The van der Waals surface area contributed by atoms with Gasteiger partial charge in [0.05, 0.1) is 28.5 Å². The van der Waals surface area contributed by atoms with E-state index in [-0.39, 0.29) is 21.9 Å². The maximum Gasteiger partial charge on any atom is 0.335 e. The van der Waals surface area contributed by atoms with Crippen LogP contribution >= 0.6 is 34.8 Å². The zero-order valence-electron chi connectivity index (χ0n) is 16.5. The summed E-state index contributed by atoms with van der Waals surface area (Å²) in [6.45, 7) is 2.31. The fourth-order valence-electron chi connectivity index (χ4n) is 2.94. The fourth-order valence-corrected chi connectivity index (χ4v) is 4.01. The Kier molecular flexibility index (Phi) is 6.91. The standard InChI is InChI=1S/C21H17IN2O6S/c1-3-30-17-15(22)8-11(9-16(17)29-2)7-14-18(25)23-21(31)24(19(14)26)13-6-4-5-12(10-13)20(27)28/h4-10H,3H2,1-2H3,(H,27,28)(H,23,25,31). The number of benzene rings is 2. The Morgan fingerprint density at radius 2 is 2.03 bits per heavy atom. The molecule has 1 aliphatic rings. The first-order chi connectivity index (χ1) is 14.8. The molecule has 31 heavy (non-hydrogen) atoms. The summed E-state index contributed by atoms with van der Waals surface area (Å²) in [5.41, 5.74) is 0.618. The molecule has 2 aromatic carbocycles. The van der Waals surface area contributed by atoms with Gasteiger partial charge in [0.2, 0.25) is 0 Å². The molecule has 2 amide bonds. The maximum absolute atomic E-state index is 13.1. The molecule has 160 valence electrons. The molecule has 10 heteroatoms. The zero-order chi connectivity index (χ0) is 22.7. The van der Waals surface area contributed by atoms with Crippen LogP contribution in [-0.4, -0.2) is 41.7 Å². The maximum atomic E-state index is 13.1. The van der Waals surface area contributed by atoms with E-state index in [2.05, 4.69) is 27.9 Å². The monoisotopic (exact) mass is 552 g/mol. The Morgan fingerprint density at radius 3 is 2.68 bits per heavy atom. The SMILES string of the molecule is CCOc1c(I)cc(C=C2C(=O)NC(=S)N(c3cccc(C(=O)O)c3)C2=O)cc1OC. The van der Waals surface area contributed by atoms with Crippen LogP contribution in [0.2, 0.25) is 0 Å². The molecule has 0 aliphatic carbocycles. The Morgan fingerprint density at radius 1 is 1.29 bits per heavy atom. The summed E-state index contributed by atoms with van der Waals surface area (Å²) in [6, 6.07) is 9.15. The number of hydrogen-bond donors (Lipinski definition) is 2. The number of hydrogen-bond acceptors (Lipinski definition) is 6. The van der Waals surface area contributed by atoms with Crippen molar-refractivity contribution in [2.45, 2.75) is 6.92 Å². The number of aromatic carboxylic acids is 1. The van der Waals surface area contributed by atoms with E-state index >= 15 is 0 Å². The lowest BCUT2D eigenvalue weighted by atomic mass is 10.1. The number of ether oxygens (including phenoxy) is 2. The molecular weight excluding hydrogens is 535 g/mol. The van der Waals surface area contributed by atoms with Crippen molar-refractivity contribution in [1.29, 1.82) is 0 Å². The van der Waals surface area contributed by atoms with Crippen molar-refractivity contribution in [1.82, 2.24) is 5.32 Å². The van der Waals surface area contributed by atoms with Crippen LogP contribution in [0.25, 0.3) is 6.08 Å². The second-order valence-corrected chi connectivity index (χ2v) is 7.83. The number of carboxylic acids is 1. The number of amides is 2. The van der Waals surface area contributed by atoms with Crippen LogP contribution in [0, 0.1) is 3.57 Å². The van der Waals surface area contributed by atoms with E-state index in [1.54, 1.807) is 12.1 Å². The van der Waals surface area contributed by atoms with Gasteiger partial charge in [0.1, 0.15) is 5.57 Å². The highest BCUT2D eigenvalue weighted by atomic mass is 127. The van der Waals surface area contributed by atoms with Crippen molar-refractivity contribution in [2.75, 3.05) is 18.6 Å². The van der Waals surface area contributed by atoms with Gasteiger partial charge in [0.25, 0.3) is 11.8 Å². The molecule has 1 saturated heterocycles. The second kappa shape index (κ2) is 9.43. The normalized spacial score (nSPS) is 15.1. The van der Waals surface area contributed by atoms with E-state index < -0.39 is 17.8 Å². The highest BCUT2D eigenvalue weighted by Gasteiger charge is 2.34. The molecule has 0 spiro atoms. The molecule has 0 saturated carbocycles. The number of anilines is 1. The first-order valence-electron chi connectivity index (χ1n) is 9.02. The van der Waals surface area contributed by atoms with Gasteiger partial charge >= 0.3 is 5.97 Å². The van der Waals surface area contributed by atoms with Crippen LogP contribution in [0.15, 0.2) is 42.0 Å². The van der Waals surface area contributed by atoms with E-state index in [0.29, 0.717) is 23.7 Å². The summed E-state index contributed by atoms with van der Waals surface area (Å²) in [6.07, 6.45) is 1.42. The van der Waals surface area contributed by atoms with Gasteiger partial charge in [-0.1, -0.05) is 6.07 Å². The predicted molar refractivity (Wildman–Crippen MR) is 126 cm³/mol. The number of nitrogens with zero attached hydrogens (tertiary/aromatic N) is 1. The zero-order valence-corrected chi connectivity index (χ0v) is 19.4. The lowest BCUT2D eigenvalue weighted by Crippen LogP contribution is -2.54. The van der Waals surface area contributed by atoms with Crippen molar-refractivity contribution < 1.29 is 29.0 Å². The molecule has 1 heterocycles. The summed E-state index contributed by atoms with van der Waals surface area (Å²) in [4.78, 5) is 38.0. The minimum absolute atomic E-state index is 0.0127. The Balaban J connectivity index is 2.04. The predicted octanol–water partition coefficient (Wildman–Crippen LogP) is 3.23. The van der Waals surface area contributed by atoms with E-state index in [0.717, 1.165) is 8.47 Å². The summed E-state index contributed by atoms with van der Waals surface area (Å²) < 4.78 is 11.7. The quantitative estimate of drug-likeness (QED) is 0.246. The van der Waals surface area contributed by atoms with Crippen LogP contribution in [-0.2, 0) is 9.59 Å². The van der Waals surface area contributed by atoms with Gasteiger partial charge in [-0.3, -0.25) is 19.8 Å². The van der Waals surface area contributed by atoms with Gasteiger partial charge in [-0.25, -0.2) is 4.79 Å². The molecule has 2 aromatic rings. The Labute approximate surface area is 197 Å². The van der Waals surface area contributed by atoms with Crippen LogP contribution in [0.1, 0.15) is 22.8 Å². The van der Waals surface area contributed by atoms with Crippen molar-refractivity contribution in [3.8, 4) is 11.5 Å². The molecule has 1 fully saturated rings. The first kappa shape index (κ1) is 22.7. The Hall–Kier alpha value is -2.99. The fraction of sp³-hybridized carbons (Fsp3) is 0.143. The molecular formula is C21H17IN2O6S. The largest absolute Gasteiger partial charge is 0.493 e. The number of methoxy groups -OCH3 is 1. The minimum Gasteiger partial charge on any atom is -0.493 e. The first-order valence-corrected chi connectivity index (χ1v) is 10.5. The molecule has 2 N–H and O–H groups in total. The van der Waals surface area contributed by atoms with E-state index in [1.165, 1.54) is 37.5 Å². The topological polar surface area (TPSA) is 105 Å². The average Bonchev–Trinajstić information content (AvgIpc) is 2.73. The third kappa shape index (κ3) is 4.69.